The Morgan fingerprint density at radius 2 is 1.96 bits per heavy atom. The van der Waals surface area contributed by atoms with Crippen molar-refractivity contribution in [2.75, 3.05) is 16.9 Å². The van der Waals surface area contributed by atoms with Crippen molar-refractivity contribution in [3.8, 4) is 0 Å². The molecule has 1 aromatic heterocycles. The SMILES string of the molecule is CSc1ccc(Nc2ncc(Br)c(N[C@@H](C(=O)O)C(C)C)n2)cc1. The fourth-order valence-electron chi connectivity index (χ4n) is 1.99. The number of aliphatic carboxylic acids is 1. The number of rotatable bonds is 7. The first-order valence-electron chi connectivity index (χ1n) is 7.33. The number of hydrogen-bond donors (Lipinski definition) is 3. The molecule has 24 heavy (non-hydrogen) atoms. The third-order valence-corrected chi connectivity index (χ3v) is 4.64. The quantitative estimate of drug-likeness (QED) is 0.588. The minimum absolute atomic E-state index is 0.0835. The van der Waals surface area contributed by atoms with Gasteiger partial charge in [-0.15, -0.1) is 11.8 Å². The molecule has 0 aliphatic heterocycles. The molecule has 2 rings (SSSR count). The Hall–Kier alpha value is -1.80. The van der Waals surface area contributed by atoms with Gasteiger partial charge in [-0.1, -0.05) is 13.8 Å². The second kappa shape index (κ2) is 8.34. The fourth-order valence-corrected chi connectivity index (χ4v) is 2.71. The summed E-state index contributed by atoms with van der Waals surface area (Å²) in [5.41, 5.74) is 0.861. The zero-order chi connectivity index (χ0) is 17.7. The average Bonchev–Trinajstić information content (AvgIpc) is 2.55. The summed E-state index contributed by atoms with van der Waals surface area (Å²) in [5.74, 6) is -0.169. The molecule has 0 fully saturated rings. The Morgan fingerprint density at radius 3 is 2.50 bits per heavy atom. The van der Waals surface area contributed by atoms with Crippen LogP contribution in [0.1, 0.15) is 13.8 Å². The van der Waals surface area contributed by atoms with Crippen LogP contribution in [0.25, 0.3) is 0 Å². The van der Waals surface area contributed by atoms with E-state index in [0.29, 0.717) is 16.2 Å². The highest BCUT2D eigenvalue weighted by Gasteiger charge is 2.22. The number of carboxylic acid groups (broad SMARTS) is 1. The van der Waals surface area contributed by atoms with E-state index >= 15 is 0 Å². The van der Waals surface area contributed by atoms with Crippen molar-refractivity contribution in [1.29, 1.82) is 0 Å². The first kappa shape index (κ1) is 18.5. The second-order valence-electron chi connectivity index (χ2n) is 5.45. The largest absolute Gasteiger partial charge is 0.480 e. The van der Waals surface area contributed by atoms with Crippen LogP contribution >= 0.6 is 27.7 Å². The molecule has 128 valence electrons. The first-order valence-corrected chi connectivity index (χ1v) is 9.35. The molecule has 0 aliphatic rings. The number of aromatic nitrogens is 2. The molecular formula is C16H19BrN4O2S. The lowest BCUT2D eigenvalue weighted by atomic mass is 10.1. The van der Waals surface area contributed by atoms with E-state index in [1.54, 1.807) is 18.0 Å². The van der Waals surface area contributed by atoms with Crippen LogP contribution in [0, 0.1) is 5.92 Å². The summed E-state index contributed by atoms with van der Waals surface area (Å²) in [6.45, 7) is 3.68. The normalized spacial score (nSPS) is 12.0. The fraction of sp³-hybridized carbons (Fsp3) is 0.312. The molecule has 0 amide bonds. The maximum atomic E-state index is 11.4. The average molecular weight is 411 g/mol. The Labute approximate surface area is 153 Å². The van der Waals surface area contributed by atoms with E-state index in [1.807, 2.05) is 44.4 Å². The second-order valence-corrected chi connectivity index (χ2v) is 7.18. The predicted octanol–water partition coefficient (Wildman–Crippen LogP) is 4.23. The van der Waals surface area contributed by atoms with Crippen LogP contribution in [0.4, 0.5) is 17.5 Å². The monoisotopic (exact) mass is 410 g/mol. The summed E-state index contributed by atoms with van der Waals surface area (Å²) in [4.78, 5) is 21.1. The Bertz CT molecular complexity index is 710. The molecular weight excluding hydrogens is 392 g/mol. The van der Waals surface area contributed by atoms with Gasteiger partial charge in [0.1, 0.15) is 11.9 Å². The molecule has 0 unspecified atom stereocenters. The summed E-state index contributed by atoms with van der Waals surface area (Å²) in [6.07, 6.45) is 3.61. The number of carboxylic acids is 1. The van der Waals surface area contributed by atoms with Gasteiger partial charge in [0.05, 0.1) is 4.47 Å². The van der Waals surface area contributed by atoms with E-state index in [0.717, 1.165) is 5.69 Å². The molecule has 0 spiro atoms. The van der Waals surface area contributed by atoms with E-state index in [2.05, 4.69) is 36.5 Å². The molecule has 0 radical (unpaired) electrons. The third kappa shape index (κ3) is 4.85. The van der Waals surface area contributed by atoms with E-state index < -0.39 is 12.0 Å². The van der Waals surface area contributed by atoms with E-state index in [9.17, 15) is 9.90 Å². The number of hydrogen-bond acceptors (Lipinski definition) is 6. The van der Waals surface area contributed by atoms with Crippen molar-refractivity contribution in [2.24, 2.45) is 5.92 Å². The van der Waals surface area contributed by atoms with Gasteiger partial charge >= 0.3 is 5.97 Å². The van der Waals surface area contributed by atoms with Crippen LogP contribution < -0.4 is 10.6 Å². The van der Waals surface area contributed by atoms with Crippen LogP contribution in [0.15, 0.2) is 39.8 Å². The van der Waals surface area contributed by atoms with Crippen molar-refractivity contribution in [1.82, 2.24) is 9.97 Å². The van der Waals surface area contributed by atoms with Gasteiger partial charge in [0.25, 0.3) is 0 Å². The van der Waals surface area contributed by atoms with Crippen molar-refractivity contribution >= 4 is 51.1 Å². The van der Waals surface area contributed by atoms with Crippen LogP contribution in [-0.4, -0.2) is 33.3 Å². The van der Waals surface area contributed by atoms with Crippen molar-refractivity contribution in [3.05, 3.63) is 34.9 Å². The van der Waals surface area contributed by atoms with Gasteiger partial charge < -0.3 is 15.7 Å². The molecule has 6 nitrogen and oxygen atoms in total. The van der Waals surface area contributed by atoms with E-state index in [4.69, 9.17) is 0 Å². The molecule has 1 heterocycles. The van der Waals surface area contributed by atoms with Crippen LogP contribution in [0.3, 0.4) is 0 Å². The lowest BCUT2D eigenvalue weighted by Gasteiger charge is -2.19. The maximum absolute atomic E-state index is 11.4. The Morgan fingerprint density at radius 1 is 1.29 bits per heavy atom. The number of nitrogens with zero attached hydrogens (tertiary/aromatic N) is 2. The zero-order valence-corrected chi connectivity index (χ0v) is 16.0. The van der Waals surface area contributed by atoms with Gasteiger partial charge in [-0.05, 0) is 52.4 Å². The first-order chi connectivity index (χ1) is 11.4. The number of thioether (sulfide) groups is 1. The number of benzene rings is 1. The molecule has 0 bridgehead atoms. The molecule has 1 atom stereocenters. The van der Waals surface area contributed by atoms with Gasteiger partial charge in [0, 0.05) is 16.8 Å². The minimum Gasteiger partial charge on any atom is -0.480 e. The summed E-state index contributed by atoms with van der Waals surface area (Å²) < 4.78 is 0.609. The zero-order valence-electron chi connectivity index (χ0n) is 13.6. The topological polar surface area (TPSA) is 87.1 Å². The van der Waals surface area contributed by atoms with Gasteiger partial charge in [0.2, 0.25) is 5.95 Å². The predicted molar refractivity (Wildman–Crippen MR) is 101 cm³/mol. The molecule has 8 heteroatoms. The summed E-state index contributed by atoms with van der Waals surface area (Å²) in [5, 5.41) is 15.4. The van der Waals surface area contributed by atoms with E-state index in [1.165, 1.54) is 4.90 Å². The smallest absolute Gasteiger partial charge is 0.326 e. The van der Waals surface area contributed by atoms with Gasteiger partial charge in [-0.3, -0.25) is 0 Å². The minimum atomic E-state index is -0.919. The summed E-state index contributed by atoms with van der Waals surface area (Å²) in [7, 11) is 0. The van der Waals surface area contributed by atoms with Crippen LogP contribution in [0.5, 0.6) is 0 Å². The van der Waals surface area contributed by atoms with Crippen molar-refractivity contribution in [2.45, 2.75) is 24.8 Å². The lowest BCUT2D eigenvalue weighted by Crippen LogP contribution is -2.34. The van der Waals surface area contributed by atoms with Gasteiger partial charge in [0.15, 0.2) is 0 Å². The Balaban J connectivity index is 2.19. The third-order valence-electron chi connectivity index (χ3n) is 3.32. The van der Waals surface area contributed by atoms with Crippen molar-refractivity contribution < 1.29 is 9.90 Å². The number of anilines is 3. The van der Waals surface area contributed by atoms with Gasteiger partial charge in [-0.25, -0.2) is 9.78 Å². The van der Waals surface area contributed by atoms with E-state index in [-0.39, 0.29) is 5.92 Å². The molecule has 0 aliphatic carbocycles. The molecule has 0 saturated carbocycles. The number of nitrogens with one attached hydrogen (secondary N) is 2. The highest BCUT2D eigenvalue weighted by molar-refractivity contribution is 9.10. The van der Waals surface area contributed by atoms with Crippen LogP contribution in [-0.2, 0) is 4.79 Å². The summed E-state index contributed by atoms with van der Waals surface area (Å²) in [6, 6.07) is 7.16. The summed E-state index contributed by atoms with van der Waals surface area (Å²) >= 11 is 5.02. The maximum Gasteiger partial charge on any atom is 0.326 e. The Kier molecular flexibility index (Phi) is 6.44. The highest BCUT2D eigenvalue weighted by Crippen LogP contribution is 2.24. The highest BCUT2D eigenvalue weighted by atomic mass is 79.9. The van der Waals surface area contributed by atoms with Crippen molar-refractivity contribution in [3.63, 3.8) is 0 Å². The van der Waals surface area contributed by atoms with Gasteiger partial charge in [-0.2, -0.15) is 4.98 Å². The molecule has 1 aromatic carbocycles. The molecule has 3 N–H and O–H groups in total. The standard InChI is InChI=1S/C16H19BrN4O2S/c1-9(2)13(15(22)23)20-14-12(17)8-18-16(21-14)19-10-4-6-11(24-3)7-5-10/h4-9,13H,1-3H3,(H,22,23)(H2,18,19,20,21)/t13-/m1/s1. The lowest BCUT2D eigenvalue weighted by molar-refractivity contribution is -0.138. The number of halogens is 1. The number of carbonyl (C=O) groups is 1. The van der Waals surface area contributed by atoms with Crippen LogP contribution in [0.2, 0.25) is 0 Å². The molecule has 2 aromatic rings. The molecule has 0 saturated heterocycles.